The molecule has 0 amide bonds. The third-order valence-electron chi connectivity index (χ3n) is 4.39. The summed E-state index contributed by atoms with van der Waals surface area (Å²) in [7, 11) is 0. The Hall–Kier alpha value is -3.65. The Bertz CT molecular complexity index is 1280. The summed E-state index contributed by atoms with van der Waals surface area (Å²) >= 11 is 1.45. The maximum absolute atomic E-state index is 13.2. The maximum Gasteiger partial charge on any atom is 0.187 e. The number of benzene rings is 2. The first-order valence-electron chi connectivity index (χ1n) is 8.48. The second-order valence-corrected chi connectivity index (χ2v) is 7.00. The number of nitrogens with two attached hydrogens (primary N) is 1. The van der Waals surface area contributed by atoms with Gasteiger partial charge < -0.3 is 5.73 Å². The third kappa shape index (κ3) is 2.71. The van der Waals surface area contributed by atoms with Gasteiger partial charge in [0, 0.05) is 16.5 Å². The summed E-state index contributed by atoms with van der Waals surface area (Å²) < 4.78 is 14.7. The zero-order valence-corrected chi connectivity index (χ0v) is 15.3. The number of rotatable bonds is 3. The molecule has 5 rings (SSSR count). The van der Waals surface area contributed by atoms with Crippen LogP contribution >= 0.6 is 11.3 Å². The number of fused-ring (bicyclic) bond motifs is 1. The molecule has 0 spiro atoms. The van der Waals surface area contributed by atoms with Gasteiger partial charge in [0.05, 0.1) is 11.9 Å². The van der Waals surface area contributed by atoms with Crippen LogP contribution in [0.15, 0.2) is 66.2 Å². The van der Waals surface area contributed by atoms with Crippen molar-refractivity contribution in [3.8, 4) is 33.1 Å². The molecule has 0 fully saturated rings. The summed E-state index contributed by atoms with van der Waals surface area (Å²) in [5.74, 6) is 0.0541. The summed E-state index contributed by atoms with van der Waals surface area (Å²) in [4.78, 5) is 4.65. The summed E-state index contributed by atoms with van der Waals surface area (Å²) in [5.41, 5.74) is 10.7. The highest BCUT2D eigenvalue weighted by Gasteiger charge is 2.17. The van der Waals surface area contributed by atoms with Gasteiger partial charge in [-0.3, -0.25) is 0 Å². The van der Waals surface area contributed by atoms with Gasteiger partial charge in [-0.1, -0.05) is 42.5 Å². The van der Waals surface area contributed by atoms with Crippen molar-refractivity contribution < 1.29 is 4.39 Å². The fourth-order valence-corrected chi connectivity index (χ4v) is 3.79. The van der Waals surface area contributed by atoms with Crippen molar-refractivity contribution in [2.24, 2.45) is 0 Å². The van der Waals surface area contributed by atoms with Gasteiger partial charge in [0.25, 0.3) is 0 Å². The summed E-state index contributed by atoms with van der Waals surface area (Å²) in [5, 5.41) is 15.6. The first kappa shape index (κ1) is 16.5. The quantitative estimate of drug-likeness (QED) is 0.498. The molecule has 0 saturated heterocycles. The van der Waals surface area contributed by atoms with Crippen LogP contribution in [0.5, 0.6) is 0 Å². The standard InChI is InChI=1S/C20H13FN6S/c21-14-8-6-12(7-9-14)15-10-23-27-18(22)17(25-26-19(15)27)20-24-16(11-28-20)13-4-2-1-3-5-13/h1-11H,22H2. The number of aromatic nitrogens is 5. The Kier molecular flexibility index (Phi) is 3.84. The molecule has 2 N–H and O–H groups in total. The average Bonchev–Trinajstić information content (AvgIpc) is 3.38. The third-order valence-corrected chi connectivity index (χ3v) is 5.24. The lowest BCUT2D eigenvalue weighted by Gasteiger charge is -2.04. The predicted molar refractivity (Wildman–Crippen MR) is 107 cm³/mol. The molecule has 0 saturated carbocycles. The molecule has 2 aromatic carbocycles. The highest BCUT2D eigenvalue weighted by Crippen LogP contribution is 2.32. The lowest BCUT2D eigenvalue weighted by atomic mass is 10.1. The molecule has 6 nitrogen and oxygen atoms in total. The number of nitrogens with zero attached hydrogens (tertiary/aromatic N) is 5. The molecule has 0 aliphatic rings. The molecular formula is C20H13FN6S. The second-order valence-electron chi connectivity index (χ2n) is 6.14. The first-order valence-corrected chi connectivity index (χ1v) is 9.36. The topological polar surface area (TPSA) is 82.0 Å². The van der Waals surface area contributed by atoms with E-state index >= 15 is 0 Å². The smallest absolute Gasteiger partial charge is 0.187 e. The number of hydrogen-bond donors (Lipinski definition) is 1. The lowest BCUT2D eigenvalue weighted by Crippen LogP contribution is -2.05. The van der Waals surface area contributed by atoms with E-state index in [1.165, 1.54) is 28.0 Å². The zero-order chi connectivity index (χ0) is 19.1. The minimum Gasteiger partial charge on any atom is -0.382 e. The van der Waals surface area contributed by atoms with Crippen molar-refractivity contribution in [3.63, 3.8) is 0 Å². The maximum atomic E-state index is 13.2. The van der Waals surface area contributed by atoms with Gasteiger partial charge in [-0.2, -0.15) is 9.61 Å². The Morgan fingerprint density at radius 3 is 2.50 bits per heavy atom. The molecule has 3 aromatic heterocycles. The van der Waals surface area contributed by atoms with Gasteiger partial charge in [0.2, 0.25) is 0 Å². The van der Waals surface area contributed by atoms with E-state index in [-0.39, 0.29) is 5.82 Å². The monoisotopic (exact) mass is 388 g/mol. The van der Waals surface area contributed by atoms with Crippen LogP contribution in [-0.2, 0) is 0 Å². The first-order chi connectivity index (χ1) is 13.7. The SMILES string of the molecule is Nc1c(-c2nc(-c3ccccc3)cs2)nnc2c(-c3ccc(F)cc3)cnn12. The highest BCUT2D eigenvalue weighted by atomic mass is 32.1. The predicted octanol–water partition coefficient (Wildman–Crippen LogP) is 4.30. The molecular weight excluding hydrogens is 375 g/mol. The Balaban J connectivity index is 1.58. The fourth-order valence-electron chi connectivity index (χ4n) is 2.97. The van der Waals surface area contributed by atoms with E-state index in [2.05, 4.69) is 20.3 Å². The van der Waals surface area contributed by atoms with Crippen LogP contribution in [-0.4, -0.2) is 24.8 Å². The Labute approximate surface area is 163 Å². The molecule has 8 heteroatoms. The molecule has 28 heavy (non-hydrogen) atoms. The molecule has 0 bridgehead atoms. The average molecular weight is 388 g/mol. The van der Waals surface area contributed by atoms with Crippen LogP contribution in [0, 0.1) is 5.82 Å². The van der Waals surface area contributed by atoms with Crippen molar-refractivity contribution >= 4 is 22.8 Å². The van der Waals surface area contributed by atoms with Crippen molar-refractivity contribution in [3.05, 3.63) is 72.0 Å². The van der Waals surface area contributed by atoms with E-state index in [4.69, 9.17) is 5.73 Å². The number of halogens is 1. The van der Waals surface area contributed by atoms with Crippen LogP contribution in [0.4, 0.5) is 10.2 Å². The normalized spacial score (nSPS) is 11.2. The van der Waals surface area contributed by atoms with Gasteiger partial charge in [0.1, 0.15) is 10.8 Å². The van der Waals surface area contributed by atoms with E-state index in [0.717, 1.165) is 22.4 Å². The Morgan fingerprint density at radius 2 is 1.71 bits per heavy atom. The van der Waals surface area contributed by atoms with Crippen LogP contribution in [0.25, 0.3) is 38.7 Å². The number of nitrogen functional groups attached to an aromatic ring is 1. The minimum absolute atomic E-state index is 0.300. The summed E-state index contributed by atoms with van der Waals surface area (Å²) in [6.45, 7) is 0. The van der Waals surface area contributed by atoms with Gasteiger partial charge >= 0.3 is 0 Å². The van der Waals surface area contributed by atoms with Crippen LogP contribution in [0.3, 0.4) is 0 Å². The summed E-state index contributed by atoms with van der Waals surface area (Å²) in [6.07, 6.45) is 1.65. The van der Waals surface area contributed by atoms with E-state index in [1.54, 1.807) is 18.3 Å². The van der Waals surface area contributed by atoms with Crippen LogP contribution in [0.1, 0.15) is 0 Å². The molecule has 136 valence electrons. The zero-order valence-electron chi connectivity index (χ0n) is 14.5. The fraction of sp³-hybridized carbons (Fsp3) is 0. The largest absolute Gasteiger partial charge is 0.382 e. The highest BCUT2D eigenvalue weighted by molar-refractivity contribution is 7.13. The lowest BCUT2D eigenvalue weighted by molar-refractivity contribution is 0.628. The number of thiazole rings is 1. The molecule has 0 aliphatic heterocycles. The molecule has 0 unspecified atom stereocenters. The van der Waals surface area contributed by atoms with Crippen molar-refractivity contribution in [1.29, 1.82) is 0 Å². The van der Waals surface area contributed by atoms with Gasteiger partial charge in [-0.05, 0) is 17.7 Å². The van der Waals surface area contributed by atoms with E-state index in [0.29, 0.717) is 22.2 Å². The molecule has 5 aromatic rings. The van der Waals surface area contributed by atoms with Crippen molar-refractivity contribution in [2.75, 3.05) is 5.73 Å². The Morgan fingerprint density at radius 1 is 0.929 bits per heavy atom. The molecule has 0 atom stereocenters. The van der Waals surface area contributed by atoms with Gasteiger partial charge in [-0.15, -0.1) is 21.5 Å². The number of anilines is 1. The van der Waals surface area contributed by atoms with Gasteiger partial charge in [-0.25, -0.2) is 9.37 Å². The van der Waals surface area contributed by atoms with E-state index in [9.17, 15) is 4.39 Å². The molecule has 3 heterocycles. The van der Waals surface area contributed by atoms with Gasteiger partial charge in [0.15, 0.2) is 17.2 Å². The van der Waals surface area contributed by atoms with Crippen molar-refractivity contribution in [2.45, 2.75) is 0 Å². The number of hydrogen-bond acceptors (Lipinski definition) is 6. The van der Waals surface area contributed by atoms with Crippen LogP contribution < -0.4 is 5.73 Å². The van der Waals surface area contributed by atoms with E-state index in [1.807, 2.05) is 35.7 Å². The summed E-state index contributed by atoms with van der Waals surface area (Å²) in [6, 6.07) is 16.0. The van der Waals surface area contributed by atoms with E-state index < -0.39 is 0 Å². The van der Waals surface area contributed by atoms with Crippen molar-refractivity contribution in [1.82, 2.24) is 24.8 Å². The second kappa shape index (κ2) is 6.50. The van der Waals surface area contributed by atoms with Crippen LogP contribution in [0.2, 0.25) is 0 Å². The molecule has 0 aliphatic carbocycles. The molecule has 0 radical (unpaired) electrons. The minimum atomic E-state index is -0.300.